The molecule has 0 saturated carbocycles. The van der Waals surface area contributed by atoms with E-state index in [0.717, 1.165) is 0 Å². The fourth-order valence-corrected chi connectivity index (χ4v) is 0. The molecule has 0 N–H and O–H groups in total. The first-order chi connectivity index (χ1) is 1.00. The molecule has 0 rings (SSSR count). The Labute approximate surface area is 55.3 Å². The maximum Gasteiger partial charge on any atom is 0 e. The third-order valence-corrected chi connectivity index (χ3v) is 0. The minimum absolute atomic E-state index is 0. The Morgan fingerprint density at radius 2 is 1.25 bits per heavy atom. The Kier molecular flexibility index (Phi) is 128. The van der Waals surface area contributed by atoms with Crippen molar-refractivity contribution < 1.29 is 3.83 Å². The van der Waals surface area contributed by atoms with Crippen molar-refractivity contribution in [2.75, 3.05) is 0 Å². The zero-order valence-electron chi connectivity index (χ0n) is 1.89. The fourth-order valence-electron chi connectivity index (χ4n) is 0. The summed E-state index contributed by atoms with van der Waals surface area (Å²) in [6, 6.07) is 0. The number of rotatable bonds is 0. The van der Waals surface area contributed by atoms with Gasteiger partial charge in [-0.05, 0) is 0 Å². The van der Waals surface area contributed by atoms with Gasteiger partial charge in [0, 0.05) is 35.7 Å². The van der Waals surface area contributed by atoms with Gasteiger partial charge in [0.1, 0.15) is 0 Å². The summed E-state index contributed by atoms with van der Waals surface area (Å²) in [5.41, 5.74) is 0. The van der Waals surface area contributed by atoms with E-state index in [1.54, 1.807) is 0 Å². The zero-order valence-corrected chi connectivity index (χ0v) is 7.49. The predicted octanol–water partition coefficient (Wildman–Crippen LogP) is -1.26. The molecule has 0 aromatic rings. The van der Waals surface area contributed by atoms with Crippen LogP contribution in [0.15, 0.2) is 0 Å². The van der Waals surface area contributed by atoms with E-state index >= 15 is 0 Å². The Morgan fingerprint density at radius 1 is 1.25 bits per heavy atom. The maximum atomic E-state index is 8.12. The van der Waals surface area contributed by atoms with Crippen LogP contribution in [-0.2, 0) is 3.83 Å². The standard InChI is InChI=1S/B.OSe.Pb/c;1-2;. The molecule has 0 atom stereocenters. The Bertz CT molecular complexity index is 8.00. The van der Waals surface area contributed by atoms with Crippen molar-refractivity contribution in [3.63, 3.8) is 0 Å². The summed E-state index contributed by atoms with van der Waals surface area (Å²) in [4.78, 5) is 0. The molecule has 4 heavy (non-hydrogen) atoms. The van der Waals surface area contributed by atoms with Gasteiger partial charge in [-0.1, -0.05) is 0 Å². The van der Waals surface area contributed by atoms with E-state index in [4.69, 9.17) is 3.83 Å². The first-order valence-electron chi connectivity index (χ1n) is 0.167. The van der Waals surface area contributed by atoms with Crippen LogP contribution in [-0.4, -0.2) is 51.7 Å². The van der Waals surface area contributed by atoms with E-state index in [1.165, 1.54) is 15.9 Å². The molecule has 0 aromatic carbocycles. The van der Waals surface area contributed by atoms with Crippen LogP contribution in [0.1, 0.15) is 0 Å². The molecule has 4 heteroatoms. The van der Waals surface area contributed by atoms with Crippen LogP contribution in [0.4, 0.5) is 0 Å². The minimum atomic E-state index is 0. The summed E-state index contributed by atoms with van der Waals surface area (Å²) in [6.45, 7) is 0. The van der Waals surface area contributed by atoms with Gasteiger partial charge in [0.2, 0.25) is 0 Å². The second-order valence-electron chi connectivity index (χ2n) is 0. The molecule has 7 radical (unpaired) electrons. The van der Waals surface area contributed by atoms with Crippen LogP contribution < -0.4 is 0 Å². The van der Waals surface area contributed by atoms with E-state index in [1.807, 2.05) is 0 Å². The third kappa shape index (κ3) is 10.3. The molecule has 0 heterocycles. The molecule has 0 aromatic heterocycles. The summed E-state index contributed by atoms with van der Waals surface area (Å²) in [5, 5.41) is 0. The Morgan fingerprint density at radius 3 is 1.25 bits per heavy atom. The van der Waals surface area contributed by atoms with Crippen LogP contribution in [0, 0.1) is 0 Å². The summed E-state index contributed by atoms with van der Waals surface area (Å²) >= 11 is 1.38. The normalized spacial score (nSPS) is 1.00. The van der Waals surface area contributed by atoms with Crippen molar-refractivity contribution in [2.24, 2.45) is 0 Å². The van der Waals surface area contributed by atoms with Crippen LogP contribution in [0.5, 0.6) is 0 Å². The monoisotopic (exact) mass is 315 g/mol. The molecular formula is BOPbSe. The quantitative estimate of drug-likeness (QED) is 0.510. The van der Waals surface area contributed by atoms with Gasteiger partial charge in [-0.15, -0.1) is 0 Å². The number of hydrogen-bond acceptors (Lipinski definition) is 1. The molecule has 0 saturated heterocycles. The van der Waals surface area contributed by atoms with Crippen LogP contribution in [0.2, 0.25) is 0 Å². The molecule has 0 amide bonds. The fraction of sp³-hybridized carbons (Fsp3) is 0. The molecule has 0 unspecified atom stereocenters. The molecule has 0 aliphatic heterocycles. The van der Waals surface area contributed by atoms with Gasteiger partial charge < -0.3 is 0 Å². The van der Waals surface area contributed by atoms with Crippen molar-refractivity contribution in [1.82, 2.24) is 0 Å². The van der Waals surface area contributed by atoms with Crippen LogP contribution in [0.3, 0.4) is 0 Å². The van der Waals surface area contributed by atoms with Crippen molar-refractivity contribution in [2.45, 2.75) is 0 Å². The van der Waals surface area contributed by atoms with Gasteiger partial charge in [0.15, 0.2) is 0 Å². The van der Waals surface area contributed by atoms with E-state index in [-0.39, 0.29) is 35.7 Å². The smallest absolute Gasteiger partial charge is 0 e. The van der Waals surface area contributed by atoms with Crippen LogP contribution >= 0.6 is 0 Å². The summed E-state index contributed by atoms with van der Waals surface area (Å²) in [6.07, 6.45) is 0. The molecule has 0 fully saturated rings. The second kappa shape index (κ2) is 27.6. The summed E-state index contributed by atoms with van der Waals surface area (Å²) in [5.74, 6) is 0. The largest absolute Gasteiger partial charge is 0 e. The van der Waals surface area contributed by atoms with Crippen molar-refractivity contribution in [3.05, 3.63) is 0 Å². The summed E-state index contributed by atoms with van der Waals surface area (Å²) < 4.78 is 8.12. The molecule has 0 aliphatic carbocycles. The predicted molar refractivity (Wildman–Crippen MR) is 17.9 cm³/mol. The van der Waals surface area contributed by atoms with Gasteiger partial charge in [-0.2, -0.15) is 0 Å². The van der Waals surface area contributed by atoms with Gasteiger partial charge in [-0.25, -0.2) is 0 Å². The molecule has 0 aliphatic rings. The van der Waals surface area contributed by atoms with Crippen LogP contribution in [0.25, 0.3) is 0 Å². The maximum absolute atomic E-state index is 8.12. The van der Waals surface area contributed by atoms with Gasteiger partial charge in [0.25, 0.3) is 0 Å². The van der Waals surface area contributed by atoms with E-state index in [9.17, 15) is 0 Å². The Hall–Kier alpha value is 1.31. The summed E-state index contributed by atoms with van der Waals surface area (Å²) in [7, 11) is 0. The zero-order chi connectivity index (χ0) is 2.00. The second-order valence-corrected chi connectivity index (χ2v) is 0. The first-order valence-corrected chi connectivity index (χ1v) is 0.866. The van der Waals surface area contributed by atoms with Gasteiger partial charge in [-0.3, -0.25) is 0 Å². The van der Waals surface area contributed by atoms with E-state index in [2.05, 4.69) is 0 Å². The minimum Gasteiger partial charge on any atom is 0 e. The molecule has 1 nitrogen and oxygen atoms in total. The molecule has 19 valence electrons. The molecular weight excluding hydrogens is 313 g/mol. The van der Waals surface area contributed by atoms with E-state index < -0.39 is 0 Å². The van der Waals surface area contributed by atoms with Gasteiger partial charge >= 0.3 is 19.8 Å². The van der Waals surface area contributed by atoms with Gasteiger partial charge in [0.05, 0.1) is 0 Å². The topological polar surface area (TPSA) is 17.1 Å². The molecule has 0 bridgehead atoms. The average molecular weight is 313 g/mol. The molecule has 0 spiro atoms. The van der Waals surface area contributed by atoms with Crippen molar-refractivity contribution in [1.29, 1.82) is 0 Å². The number of hydrogen-bond donors (Lipinski definition) is 0. The van der Waals surface area contributed by atoms with E-state index in [0.29, 0.717) is 0 Å². The third-order valence-electron chi connectivity index (χ3n) is 0. The van der Waals surface area contributed by atoms with Crippen molar-refractivity contribution >= 4 is 51.7 Å². The Balaban J connectivity index is -0.00000000500. The van der Waals surface area contributed by atoms with Crippen molar-refractivity contribution in [3.8, 4) is 0 Å². The SMILES string of the molecule is O=[Se].[B].[Pb]. The average Bonchev–Trinajstić information content (AvgIpc) is 1.00. The first kappa shape index (κ1) is 18.5.